The number of benzene rings is 3. The number of alkyl halides is 3. The number of aromatic nitrogens is 4. The molecule has 5 aromatic rings. The Balaban J connectivity index is 1.29. The van der Waals surface area contributed by atoms with Crippen molar-refractivity contribution in [3.63, 3.8) is 0 Å². The molecule has 1 fully saturated rings. The van der Waals surface area contributed by atoms with E-state index in [0.717, 1.165) is 16.7 Å². The smallest absolute Gasteiger partial charge is 0.339 e. The minimum atomic E-state index is -4.24. The van der Waals surface area contributed by atoms with Crippen LogP contribution in [0.3, 0.4) is 0 Å². The van der Waals surface area contributed by atoms with Crippen LogP contribution >= 0.6 is 23.2 Å². The molecule has 3 heterocycles. The van der Waals surface area contributed by atoms with Gasteiger partial charge in [-0.1, -0.05) is 59.6 Å². The van der Waals surface area contributed by atoms with Crippen molar-refractivity contribution in [2.24, 2.45) is 5.92 Å². The molecule has 1 amide bonds. The van der Waals surface area contributed by atoms with Crippen molar-refractivity contribution in [2.45, 2.75) is 25.6 Å². The molecule has 0 spiro atoms. The molecule has 0 aliphatic carbocycles. The third-order valence-electron chi connectivity index (χ3n) is 7.68. The summed E-state index contributed by atoms with van der Waals surface area (Å²) in [5, 5.41) is 10.2. The molecule has 0 bridgehead atoms. The number of amides is 1. The van der Waals surface area contributed by atoms with Gasteiger partial charge in [-0.25, -0.2) is 9.48 Å². The highest BCUT2D eigenvalue weighted by Crippen LogP contribution is 2.36. The Kier molecular flexibility index (Phi) is 7.74. The molecule has 1 aliphatic rings. The van der Waals surface area contributed by atoms with Gasteiger partial charge in [-0.05, 0) is 65.9 Å². The van der Waals surface area contributed by atoms with Crippen LogP contribution in [0.25, 0.3) is 27.9 Å². The van der Waals surface area contributed by atoms with Gasteiger partial charge >= 0.3 is 11.9 Å². The molecule has 7 nitrogen and oxygen atoms in total. The SMILES string of the molecule is O=C(c1ccc(Cn2nc3c(-c4ccc(Cl)cc4)c(-c4ccc(Cl)cc4)cnn3c2=O)cc1)N1CCC(C(F)(F)F)CC1. The number of rotatable bonds is 5. The first-order valence-electron chi connectivity index (χ1n) is 13.5. The highest BCUT2D eigenvalue weighted by atomic mass is 35.5. The monoisotopic (exact) mass is 625 g/mol. The van der Waals surface area contributed by atoms with Gasteiger partial charge in [-0.15, -0.1) is 5.10 Å². The maximum absolute atomic E-state index is 13.4. The Morgan fingerprint density at radius 3 is 2.02 bits per heavy atom. The first-order valence-corrected chi connectivity index (χ1v) is 14.3. The number of hydrogen-bond donors (Lipinski definition) is 0. The molecule has 1 aliphatic heterocycles. The minimum absolute atomic E-state index is 0.0579. The maximum atomic E-state index is 13.4. The van der Waals surface area contributed by atoms with E-state index in [4.69, 9.17) is 23.2 Å². The zero-order valence-corrected chi connectivity index (χ0v) is 24.1. The fraction of sp³-hybridized carbons (Fsp3) is 0.226. The Morgan fingerprint density at radius 1 is 0.860 bits per heavy atom. The number of likely N-dealkylation sites (tertiary alicyclic amines) is 1. The summed E-state index contributed by atoms with van der Waals surface area (Å²) >= 11 is 12.2. The highest BCUT2D eigenvalue weighted by Gasteiger charge is 2.41. The van der Waals surface area contributed by atoms with Crippen LogP contribution in [-0.4, -0.2) is 49.5 Å². The lowest BCUT2D eigenvalue weighted by Gasteiger charge is -2.33. The van der Waals surface area contributed by atoms with E-state index in [9.17, 15) is 22.8 Å². The van der Waals surface area contributed by atoms with Gasteiger partial charge in [-0.3, -0.25) is 4.79 Å². The van der Waals surface area contributed by atoms with E-state index in [1.54, 1.807) is 54.7 Å². The molecule has 12 heteroatoms. The normalized spacial score (nSPS) is 14.4. The van der Waals surface area contributed by atoms with Gasteiger partial charge < -0.3 is 4.90 Å². The molecule has 2 aromatic heterocycles. The van der Waals surface area contributed by atoms with Gasteiger partial charge in [-0.2, -0.15) is 22.8 Å². The average molecular weight is 626 g/mol. The van der Waals surface area contributed by atoms with Crippen LogP contribution in [0.15, 0.2) is 83.8 Å². The van der Waals surface area contributed by atoms with Crippen molar-refractivity contribution in [1.82, 2.24) is 24.3 Å². The van der Waals surface area contributed by atoms with Crippen LogP contribution < -0.4 is 5.69 Å². The third kappa shape index (κ3) is 5.89. The quantitative estimate of drug-likeness (QED) is 0.211. The highest BCUT2D eigenvalue weighted by molar-refractivity contribution is 6.31. The molecule has 1 saturated heterocycles. The number of piperidine rings is 1. The number of nitrogens with zero attached hydrogens (tertiary/aromatic N) is 5. The van der Waals surface area contributed by atoms with Crippen molar-refractivity contribution in [3.05, 3.63) is 111 Å². The zero-order chi connectivity index (χ0) is 30.3. The van der Waals surface area contributed by atoms with Crippen molar-refractivity contribution in [2.75, 3.05) is 13.1 Å². The van der Waals surface area contributed by atoms with E-state index in [1.165, 1.54) is 14.1 Å². The second kappa shape index (κ2) is 11.5. The van der Waals surface area contributed by atoms with Gasteiger partial charge in [0.1, 0.15) is 0 Å². The summed E-state index contributed by atoms with van der Waals surface area (Å²) in [4.78, 5) is 27.7. The average Bonchev–Trinajstić information content (AvgIpc) is 3.32. The van der Waals surface area contributed by atoms with Crippen molar-refractivity contribution < 1.29 is 18.0 Å². The summed E-state index contributed by atoms with van der Waals surface area (Å²) in [5.41, 5.74) is 4.08. The molecule has 6 rings (SSSR count). The standard InChI is InChI=1S/C31H24Cl2F3N5O2/c32-24-9-5-20(6-10-24)26-17-37-41-28(27(26)21-7-11-25(33)12-8-21)38-40(30(41)43)18-19-1-3-22(4-2-19)29(42)39-15-13-23(14-16-39)31(34,35)36/h1-12,17,23H,13-16,18H2. The molecule has 0 radical (unpaired) electrons. The summed E-state index contributed by atoms with van der Waals surface area (Å²) in [6.07, 6.45) is -2.83. The number of halogens is 5. The second-order valence-electron chi connectivity index (χ2n) is 10.4. The molecule has 0 atom stereocenters. The van der Waals surface area contributed by atoms with Crippen LogP contribution in [-0.2, 0) is 6.54 Å². The van der Waals surface area contributed by atoms with Crippen molar-refractivity contribution >= 4 is 34.8 Å². The lowest BCUT2D eigenvalue weighted by atomic mass is 9.96. The van der Waals surface area contributed by atoms with Crippen LogP contribution in [0.2, 0.25) is 10.0 Å². The fourth-order valence-electron chi connectivity index (χ4n) is 5.33. The molecular weight excluding hydrogens is 602 g/mol. The minimum Gasteiger partial charge on any atom is -0.339 e. The van der Waals surface area contributed by atoms with Gasteiger partial charge in [0.25, 0.3) is 5.91 Å². The van der Waals surface area contributed by atoms with Gasteiger partial charge in [0.05, 0.1) is 18.7 Å². The Morgan fingerprint density at radius 2 is 1.44 bits per heavy atom. The Labute approximate surface area is 254 Å². The van der Waals surface area contributed by atoms with E-state index in [1.807, 2.05) is 24.3 Å². The summed E-state index contributed by atoms with van der Waals surface area (Å²) in [6.45, 7) is 0.231. The van der Waals surface area contributed by atoms with Crippen molar-refractivity contribution in [1.29, 1.82) is 0 Å². The van der Waals surface area contributed by atoms with Gasteiger partial charge in [0.2, 0.25) is 0 Å². The van der Waals surface area contributed by atoms with Crippen LogP contribution in [0.1, 0.15) is 28.8 Å². The second-order valence-corrected chi connectivity index (χ2v) is 11.3. The topological polar surface area (TPSA) is 72.5 Å². The number of carbonyl (C=O) groups is 1. The summed E-state index contributed by atoms with van der Waals surface area (Å²) in [5.74, 6) is -1.69. The maximum Gasteiger partial charge on any atom is 0.391 e. The number of carbonyl (C=O) groups excluding carboxylic acids is 1. The number of fused-ring (bicyclic) bond motifs is 1. The molecule has 43 heavy (non-hydrogen) atoms. The first kappa shape index (κ1) is 28.9. The van der Waals surface area contributed by atoms with E-state index < -0.39 is 17.8 Å². The van der Waals surface area contributed by atoms with E-state index in [2.05, 4.69) is 10.2 Å². The lowest BCUT2D eigenvalue weighted by Crippen LogP contribution is -2.42. The Hall–Kier alpha value is -4.15. The van der Waals surface area contributed by atoms with E-state index in [0.29, 0.717) is 32.4 Å². The molecule has 220 valence electrons. The van der Waals surface area contributed by atoms with Crippen LogP contribution in [0.4, 0.5) is 13.2 Å². The molecule has 0 unspecified atom stereocenters. The summed E-state index contributed by atoms with van der Waals surface area (Å²) in [6, 6.07) is 21.1. The fourth-order valence-corrected chi connectivity index (χ4v) is 5.58. The largest absolute Gasteiger partial charge is 0.391 e. The first-order chi connectivity index (χ1) is 20.6. The summed E-state index contributed by atoms with van der Waals surface area (Å²) in [7, 11) is 0. The molecule has 3 aromatic carbocycles. The third-order valence-corrected chi connectivity index (χ3v) is 8.18. The van der Waals surface area contributed by atoms with E-state index >= 15 is 0 Å². The van der Waals surface area contributed by atoms with Gasteiger partial charge in [0.15, 0.2) is 5.65 Å². The van der Waals surface area contributed by atoms with E-state index in [-0.39, 0.29) is 38.4 Å². The van der Waals surface area contributed by atoms with Gasteiger partial charge in [0, 0.05) is 39.8 Å². The Bertz CT molecular complexity index is 1840. The zero-order valence-electron chi connectivity index (χ0n) is 22.6. The van der Waals surface area contributed by atoms with Crippen LogP contribution in [0, 0.1) is 5.92 Å². The molecular formula is C31H24Cl2F3N5O2. The molecule has 0 N–H and O–H groups in total. The number of hydrogen-bond acceptors (Lipinski definition) is 4. The molecule has 0 saturated carbocycles. The van der Waals surface area contributed by atoms with Crippen LogP contribution in [0.5, 0.6) is 0 Å². The predicted octanol–water partition coefficient (Wildman–Crippen LogP) is 6.99. The van der Waals surface area contributed by atoms with Crippen molar-refractivity contribution in [3.8, 4) is 22.3 Å². The summed E-state index contributed by atoms with van der Waals surface area (Å²) < 4.78 is 41.5. The predicted molar refractivity (Wildman–Crippen MR) is 158 cm³/mol. The lowest BCUT2D eigenvalue weighted by molar-refractivity contribution is -0.183.